The summed E-state index contributed by atoms with van der Waals surface area (Å²) in [7, 11) is 0. The normalized spacial score (nSPS) is 16.3. The number of aromatic nitrogens is 2. The van der Waals surface area contributed by atoms with Gasteiger partial charge in [-0.1, -0.05) is 87.7 Å². The second-order valence-electron chi connectivity index (χ2n) is 14.1. The monoisotopic (exact) mass is 625 g/mol. The summed E-state index contributed by atoms with van der Waals surface area (Å²) >= 11 is 0. The number of hydrogen-bond donors (Lipinski definition) is 1. The molecule has 0 spiro atoms. The van der Waals surface area contributed by atoms with Crippen LogP contribution in [0, 0.1) is 0 Å². The quantitative estimate of drug-likeness (QED) is 0.149. The van der Waals surface area contributed by atoms with Crippen LogP contribution in [0.4, 0.5) is 9.59 Å². The number of hydrogen-bond acceptors (Lipinski definition) is 7. The van der Waals surface area contributed by atoms with Crippen LogP contribution >= 0.6 is 0 Å². The van der Waals surface area contributed by atoms with Crippen molar-refractivity contribution >= 4 is 18.1 Å². The van der Waals surface area contributed by atoms with Crippen LogP contribution in [0.5, 0.6) is 0 Å². The second kappa shape index (κ2) is 17.3. The molecule has 1 unspecified atom stereocenters. The predicted molar refractivity (Wildman–Crippen MR) is 177 cm³/mol. The van der Waals surface area contributed by atoms with Gasteiger partial charge in [-0.05, 0) is 72.8 Å². The fraction of sp³-hybridized carbons (Fsp3) is 0.686. The van der Waals surface area contributed by atoms with Crippen LogP contribution in [0.25, 0.3) is 11.4 Å². The minimum Gasteiger partial charge on any atom is -0.444 e. The molecule has 1 fully saturated rings. The SMILES string of the molecule is CCCCCCCCCCc1ccc(-c2noc(C3CCCCN(C(=NC(=O)OC(C)(C)C)NC(=O)OC(C)(C)C)C3)n2)cc1. The molecule has 0 aliphatic carbocycles. The van der Waals surface area contributed by atoms with E-state index in [-0.39, 0.29) is 11.9 Å². The number of alkyl carbamates (subject to hydrolysis) is 1. The number of carbonyl (C=O) groups excluding carboxylic acids is 2. The van der Waals surface area contributed by atoms with Gasteiger partial charge >= 0.3 is 12.2 Å². The van der Waals surface area contributed by atoms with Crippen LogP contribution < -0.4 is 5.32 Å². The highest BCUT2D eigenvalue weighted by Crippen LogP contribution is 2.28. The molecule has 10 nitrogen and oxygen atoms in total. The molecule has 2 aromatic rings. The maximum Gasteiger partial charge on any atom is 0.437 e. The van der Waals surface area contributed by atoms with Gasteiger partial charge in [0, 0.05) is 18.7 Å². The van der Waals surface area contributed by atoms with E-state index in [1.165, 1.54) is 56.9 Å². The van der Waals surface area contributed by atoms with Crippen molar-refractivity contribution in [1.82, 2.24) is 20.4 Å². The van der Waals surface area contributed by atoms with Gasteiger partial charge in [0.05, 0.1) is 5.92 Å². The Bertz CT molecular complexity index is 1230. The molecule has 0 bridgehead atoms. The highest BCUT2D eigenvalue weighted by molar-refractivity contribution is 5.99. The molecule has 1 aromatic heterocycles. The highest BCUT2D eigenvalue weighted by Gasteiger charge is 2.29. The van der Waals surface area contributed by atoms with Crippen LogP contribution in [-0.2, 0) is 15.9 Å². The number of unbranched alkanes of at least 4 members (excludes halogenated alkanes) is 7. The number of nitrogens with one attached hydrogen (secondary N) is 1. The molecule has 1 aliphatic heterocycles. The maximum atomic E-state index is 12.7. The molecule has 250 valence electrons. The third kappa shape index (κ3) is 13.6. The maximum absolute atomic E-state index is 12.7. The molecule has 3 rings (SSSR count). The first-order valence-corrected chi connectivity index (χ1v) is 16.8. The molecule has 0 radical (unpaired) electrons. The summed E-state index contributed by atoms with van der Waals surface area (Å²) in [5.41, 5.74) is 0.787. The van der Waals surface area contributed by atoms with Crippen molar-refractivity contribution in [2.75, 3.05) is 13.1 Å². The molecule has 1 N–H and O–H groups in total. The predicted octanol–water partition coefficient (Wildman–Crippen LogP) is 8.81. The van der Waals surface area contributed by atoms with E-state index in [1.54, 1.807) is 41.5 Å². The van der Waals surface area contributed by atoms with E-state index in [9.17, 15) is 9.59 Å². The van der Waals surface area contributed by atoms with Crippen LogP contribution in [-0.4, -0.2) is 57.5 Å². The van der Waals surface area contributed by atoms with Gasteiger partial charge in [0.25, 0.3) is 0 Å². The van der Waals surface area contributed by atoms with Gasteiger partial charge in [0.2, 0.25) is 17.7 Å². The van der Waals surface area contributed by atoms with E-state index in [1.807, 2.05) is 4.90 Å². The summed E-state index contributed by atoms with van der Waals surface area (Å²) in [6.45, 7) is 13.9. The molecule has 1 saturated heterocycles. The average molecular weight is 626 g/mol. The largest absolute Gasteiger partial charge is 0.444 e. The molecule has 1 atom stereocenters. The zero-order valence-corrected chi connectivity index (χ0v) is 28.6. The number of aliphatic imine (C=N–C) groups is 1. The Balaban J connectivity index is 1.65. The molecule has 0 saturated carbocycles. The number of amides is 2. The van der Waals surface area contributed by atoms with E-state index >= 15 is 0 Å². The lowest BCUT2D eigenvalue weighted by Gasteiger charge is -2.28. The Morgan fingerprint density at radius 3 is 2.22 bits per heavy atom. The van der Waals surface area contributed by atoms with Gasteiger partial charge in [-0.15, -0.1) is 4.99 Å². The van der Waals surface area contributed by atoms with Crippen molar-refractivity contribution in [3.05, 3.63) is 35.7 Å². The van der Waals surface area contributed by atoms with Crippen LogP contribution in [0.3, 0.4) is 0 Å². The van der Waals surface area contributed by atoms with Crippen LogP contribution in [0.15, 0.2) is 33.8 Å². The third-order valence-electron chi connectivity index (χ3n) is 7.50. The zero-order chi connectivity index (χ0) is 32.9. The Morgan fingerprint density at radius 1 is 0.933 bits per heavy atom. The van der Waals surface area contributed by atoms with Gasteiger partial charge in [-0.2, -0.15) is 4.98 Å². The highest BCUT2D eigenvalue weighted by atomic mass is 16.6. The molecule has 10 heteroatoms. The first-order valence-electron chi connectivity index (χ1n) is 16.8. The number of guanidine groups is 1. The van der Waals surface area contributed by atoms with Crippen molar-refractivity contribution in [2.24, 2.45) is 4.99 Å². The Kier molecular flexibility index (Phi) is 13.9. The van der Waals surface area contributed by atoms with Crippen molar-refractivity contribution in [2.45, 2.75) is 143 Å². The summed E-state index contributed by atoms with van der Waals surface area (Å²) in [5.74, 6) is 1.04. The second-order valence-corrected chi connectivity index (χ2v) is 14.1. The first kappa shape index (κ1) is 36.0. The van der Waals surface area contributed by atoms with Gasteiger partial charge in [-0.3, -0.25) is 5.32 Å². The number of aryl methyl sites for hydroxylation is 1. The van der Waals surface area contributed by atoms with Gasteiger partial charge < -0.3 is 18.9 Å². The van der Waals surface area contributed by atoms with Crippen molar-refractivity contribution in [3.8, 4) is 11.4 Å². The zero-order valence-electron chi connectivity index (χ0n) is 28.6. The topological polar surface area (TPSA) is 119 Å². The lowest BCUT2D eigenvalue weighted by molar-refractivity contribution is 0.0554. The van der Waals surface area contributed by atoms with E-state index in [0.717, 1.165) is 31.2 Å². The first-order chi connectivity index (χ1) is 21.3. The standard InChI is InChI=1S/C35H55N5O5/c1-8-9-10-11-12-13-14-15-18-26-20-22-27(23-21-26)29-36-30(45-39-29)28-19-16-17-24-40(25-28)31(37-32(41)43-34(2,3)4)38-33(42)44-35(5,6)7/h20-23,28H,8-19,24-25H2,1-7H3,(H,37,38,41,42). The number of benzene rings is 1. The number of rotatable bonds is 11. The van der Waals surface area contributed by atoms with Gasteiger partial charge in [-0.25, -0.2) is 9.59 Å². The van der Waals surface area contributed by atoms with Gasteiger partial charge in [0.1, 0.15) is 11.2 Å². The smallest absolute Gasteiger partial charge is 0.437 e. The van der Waals surface area contributed by atoms with Crippen LogP contribution in [0.2, 0.25) is 0 Å². The summed E-state index contributed by atoms with van der Waals surface area (Å²) in [5, 5.41) is 6.96. The van der Waals surface area contributed by atoms with Gasteiger partial charge in [0.15, 0.2) is 0 Å². The Hall–Kier alpha value is -3.43. The van der Waals surface area contributed by atoms with Crippen LogP contribution in [0.1, 0.15) is 136 Å². The number of likely N-dealkylation sites (tertiary alicyclic amines) is 1. The average Bonchev–Trinajstić information content (AvgIpc) is 3.30. The minimum atomic E-state index is -0.791. The molecule has 2 heterocycles. The summed E-state index contributed by atoms with van der Waals surface area (Å²) in [6, 6.07) is 8.43. The fourth-order valence-corrected chi connectivity index (χ4v) is 5.28. The summed E-state index contributed by atoms with van der Waals surface area (Å²) in [4.78, 5) is 36.1. The third-order valence-corrected chi connectivity index (χ3v) is 7.50. The number of carbonyl (C=O) groups is 2. The van der Waals surface area contributed by atoms with Crippen molar-refractivity contribution in [3.63, 3.8) is 0 Å². The Labute approximate surface area is 269 Å². The minimum absolute atomic E-state index is 0.0808. The number of nitrogens with zero attached hydrogens (tertiary/aromatic N) is 4. The lowest BCUT2D eigenvalue weighted by Crippen LogP contribution is -2.47. The van der Waals surface area contributed by atoms with E-state index in [2.05, 4.69) is 46.7 Å². The molecule has 1 aromatic carbocycles. The molecule has 2 amide bonds. The fourth-order valence-electron chi connectivity index (χ4n) is 5.28. The Morgan fingerprint density at radius 2 is 1.58 bits per heavy atom. The van der Waals surface area contributed by atoms with Crippen molar-refractivity contribution in [1.29, 1.82) is 0 Å². The van der Waals surface area contributed by atoms with Crippen molar-refractivity contribution < 1.29 is 23.6 Å². The van der Waals surface area contributed by atoms with E-state index in [0.29, 0.717) is 24.8 Å². The molecule has 1 aliphatic rings. The van der Waals surface area contributed by atoms with E-state index < -0.39 is 23.4 Å². The summed E-state index contributed by atoms with van der Waals surface area (Å²) in [6.07, 6.45) is 12.7. The van der Waals surface area contributed by atoms with E-state index in [4.69, 9.17) is 19.0 Å². The lowest BCUT2D eigenvalue weighted by atomic mass is 10.0. The number of ether oxygens (including phenoxy) is 2. The molecule has 45 heavy (non-hydrogen) atoms. The molecular formula is C35H55N5O5. The molecular weight excluding hydrogens is 570 g/mol. The summed E-state index contributed by atoms with van der Waals surface area (Å²) < 4.78 is 16.6.